The Kier molecular flexibility index (Phi) is 2.47. The van der Waals surface area contributed by atoms with E-state index in [1.165, 1.54) is 0 Å². The zero-order chi connectivity index (χ0) is 9.35. The molecule has 0 radical (unpaired) electrons. The van der Waals surface area contributed by atoms with Crippen LogP contribution >= 0.6 is 15.9 Å². The van der Waals surface area contributed by atoms with Gasteiger partial charge in [0.05, 0.1) is 0 Å². The molecule has 0 bridgehead atoms. The molecule has 1 heterocycles. The first-order chi connectivity index (χ1) is 5.46. The van der Waals surface area contributed by atoms with Gasteiger partial charge in [-0.15, -0.1) is 5.10 Å². The molecule has 0 fully saturated rings. The maximum absolute atomic E-state index is 12.5. The summed E-state index contributed by atoms with van der Waals surface area (Å²) in [5.41, 5.74) is 0. The van der Waals surface area contributed by atoms with E-state index < -0.39 is 15.2 Å². The maximum Gasteiger partial charge on any atom is 0.352 e. The molecule has 68 valence electrons. The Morgan fingerprint density at radius 3 is 2.58 bits per heavy atom. The average molecular weight is 258 g/mol. The molecular weight excluding hydrogens is 253 g/mol. The molecule has 0 saturated heterocycles. The highest BCUT2D eigenvalue weighted by Gasteiger charge is 2.23. The number of hydrogen-bond donors (Lipinski definition) is 0. The lowest BCUT2D eigenvalue weighted by atomic mass is 10.7. The molecule has 1 aromatic rings. The molecule has 0 spiro atoms. The van der Waals surface area contributed by atoms with E-state index in [9.17, 15) is 12.3 Å². The van der Waals surface area contributed by atoms with Crippen LogP contribution in [-0.2, 0) is 16.8 Å². The smallest absolute Gasteiger partial charge is 0.231 e. The van der Waals surface area contributed by atoms with Gasteiger partial charge in [-0.1, -0.05) is 9.10 Å². The lowest BCUT2D eigenvalue weighted by Crippen LogP contribution is -2.05. The number of aryl methyl sites for hydroxylation is 1. The first-order valence-electron chi connectivity index (χ1n) is 3.00. The van der Waals surface area contributed by atoms with Crippen LogP contribution in [0.2, 0.25) is 0 Å². The number of hydrogen-bond acceptors (Lipinski definition) is 4. The van der Waals surface area contributed by atoms with Crippen molar-refractivity contribution in [1.29, 1.82) is 0 Å². The van der Waals surface area contributed by atoms with Crippen LogP contribution in [0.1, 0.15) is 6.92 Å². The second-order valence-electron chi connectivity index (χ2n) is 1.94. The van der Waals surface area contributed by atoms with Gasteiger partial charge in [0, 0.05) is 6.54 Å². The summed E-state index contributed by atoms with van der Waals surface area (Å²) in [6.45, 7) is 1.88. The molecular formula is C4H5BrFN3O2S. The van der Waals surface area contributed by atoms with Crippen LogP contribution in [0.4, 0.5) is 3.89 Å². The molecule has 0 amide bonds. The van der Waals surface area contributed by atoms with Crippen molar-refractivity contribution < 1.29 is 12.3 Å². The number of rotatable bonds is 2. The fourth-order valence-corrected chi connectivity index (χ4v) is 2.23. The lowest BCUT2D eigenvalue weighted by molar-refractivity contribution is 0.515. The normalized spacial score (nSPS) is 11.9. The highest BCUT2D eigenvalue weighted by molar-refractivity contribution is 9.10. The van der Waals surface area contributed by atoms with Crippen LogP contribution in [0.5, 0.6) is 0 Å². The Hall–Kier alpha value is -0.500. The molecule has 5 nitrogen and oxygen atoms in total. The summed E-state index contributed by atoms with van der Waals surface area (Å²) in [4.78, 5) is 0. The fraction of sp³-hybridized carbons (Fsp3) is 0.500. The molecule has 0 atom stereocenters. The van der Waals surface area contributed by atoms with E-state index in [2.05, 4.69) is 26.2 Å². The second kappa shape index (κ2) is 3.09. The van der Waals surface area contributed by atoms with Crippen molar-refractivity contribution in [1.82, 2.24) is 15.0 Å². The monoisotopic (exact) mass is 257 g/mol. The third-order valence-corrected chi connectivity index (χ3v) is 2.84. The van der Waals surface area contributed by atoms with Gasteiger partial charge in [-0.2, -0.15) is 8.42 Å². The topological polar surface area (TPSA) is 64.8 Å². The van der Waals surface area contributed by atoms with Crippen molar-refractivity contribution in [2.45, 2.75) is 18.5 Å². The van der Waals surface area contributed by atoms with Crippen molar-refractivity contribution in [2.24, 2.45) is 0 Å². The summed E-state index contributed by atoms with van der Waals surface area (Å²) in [5, 5.41) is 6.23. The summed E-state index contributed by atoms with van der Waals surface area (Å²) in [6, 6.07) is 0. The van der Waals surface area contributed by atoms with Crippen LogP contribution in [0.3, 0.4) is 0 Å². The standard InChI is InChI=1S/C4H5BrFN3O2S/c1-2-9-4(12(6,10)11)3(5)7-8-9/h2H2,1H3. The quantitative estimate of drug-likeness (QED) is 0.733. The minimum absolute atomic E-state index is 0.105. The average Bonchev–Trinajstić information content (AvgIpc) is 2.29. The summed E-state index contributed by atoms with van der Waals surface area (Å²) in [7, 11) is -4.74. The zero-order valence-corrected chi connectivity index (χ0v) is 8.43. The Bertz CT molecular complexity index is 387. The van der Waals surface area contributed by atoms with Crippen LogP contribution in [0.15, 0.2) is 9.63 Å². The highest BCUT2D eigenvalue weighted by Crippen LogP contribution is 2.20. The molecule has 0 aromatic carbocycles. The summed E-state index contributed by atoms with van der Waals surface area (Å²) >= 11 is 2.78. The van der Waals surface area contributed by atoms with E-state index in [0.717, 1.165) is 4.68 Å². The van der Waals surface area contributed by atoms with Crippen LogP contribution < -0.4 is 0 Å². The first-order valence-corrected chi connectivity index (χ1v) is 5.18. The van der Waals surface area contributed by atoms with Crippen molar-refractivity contribution >= 4 is 26.2 Å². The molecule has 0 unspecified atom stereocenters. The minimum atomic E-state index is -4.74. The van der Waals surface area contributed by atoms with Crippen LogP contribution in [0.25, 0.3) is 0 Å². The van der Waals surface area contributed by atoms with Gasteiger partial charge in [-0.25, -0.2) is 4.68 Å². The largest absolute Gasteiger partial charge is 0.352 e. The fourth-order valence-electron chi connectivity index (χ4n) is 0.716. The zero-order valence-electron chi connectivity index (χ0n) is 6.03. The van der Waals surface area contributed by atoms with Crippen molar-refractivity contribution in [3.8, 4) is 0 Å². The minimum Gasteiger partial charge on any atom is -0.231 e. The summed E-state index contributed by atoms with van der Waals surface area (Å²) < 4.78 is 34.4. The predicted octanol–water partition coefficient (Wildman–Crippen LogP) is 0.719. The number of nitrogens with zero attached hydrogens (tertiary/aromatic N) is 3. The van der Waals surface area contributed by atoms with E-state index in [1.54, 1.807) is 6.92 Å². The summed E-state index contributed by atoms with van der Waals surface area (Å²) in [5.74, 6) is 0. The van der Waals surface area contributed by atoms with Gasteiger partial charge in [0.2, 0.25) is 5.03 Å². The van der Waals surface area contributed by atoms with E-state index in [1.807, 2.05) is 0 Å². The highest BCUT2D eigenvalue weighted by atomic mass is 79.9. The van der Waals surface area contributed by atoms with Gasteiger partial charge in [0.1, 0.15) is 0 Å². The van der Waals surface area contributed by atoms with Crippen LogP contribution in [0, 0.1) is 0 Å². The second-order valence-corrected chi connectivity index (χ2v) is 3.95. The maximum atomic E-state index is 12.5. The van der Waals surface area contributed by atoms with Crippen molar-refractivity contribution in [3.05, 3.63) is 4.60 Å². The third-order valence-electron chi connectivity index (χ3n) is 1.18. The Morgan fingerprint density at radius 2 is 2.25 bits per heavy atom. The SMILES string of the molecule is CCn1nnc(Br)c1S(=O)(=O)F. The Labute approximate surface area is 76.9 Å². The van der Waals surface area contributed by atoms with E-state index in [-0.39, 0.29) is 11.1 Å². The van der Waals surface area contributed by atoms with Gasteiger partial charge in [-0.3, -0.25) is 0 Å². The van der Waals surface area contributed by atoms with Gasteiger partial charge in [0.25, 0.3) is 0 Å². The van der Waals surface area contributed by atoms with Gasteiger partial charge < -0.3 is 0 Å². The lowest BCUT2D eigenvalue weighted by Gasteiger charge is -1.96. The van der Waals surface area contributed by atoms with Gasteiger partial charge >= 0.3 is 10.2 Å². The molecule has 12 heavy (non-hydrogen) atoms. The van der Waals surface area contributed by atoms with E-state index >= 15 is 0 Å². The molecule has 8 heteroatoms. The molecule has 0 aliphatic carbocycles. The molecule has 1 rings (SSSR count). The third kappa shape index (κ3) is 1.63. The Balaban J connectivity index is 3.39. The van der Waals surface area contributed by atoms with Crippen molar-refractivity contribution in [2.75, 3.05) is 0 Å². The number of aromatic nitrogens is 3. The number of halogens is 2. The van der Waals surface area contributed by atoms with E-state index in [0.29, 0.717) is 0 Å². The predicted molar refractivity (Wildman–Crippen MR) is 41.7 cm³/mol. The Morgan fingerprint density at radius 1 is 1.67 bits per heavy atom. The molecule has 0 aliphatic heterocycles. The molecule has 1 aromatic heterocycles. The van der Waals surface area contributed by atoms with E-state index in [4.69, 9.17) is 0 Å². The van der Waals surface area contributed by atoms with Gasteiger partial charge in [-0.05, 0) is 22.9 Å². The molecule has 0 N–H and O–H groups in total. The first kappa shape index (κ1) is 9.59. The van der Waals surface area contributed by atoms with Crippen molar-refractivity contribution in [3.63, 3.8) is 0 Å². The van der Waals surface area contributed by atoms with Crippen LogP contribution in [-0.4, -0.2) is 23.4 Å². The summed E-state index contributed by atoms with van der Waals surface area (Å²) in [6.07, 6.45) is 0. The van der Waals surface area contributed by atoms with Gasteiger partial charge in [0.15, 0.2) is 4.60 Å². The molecule has 0 aliphatic rings. The molecule has 0 saturated carbocycles.